The first-order valence-corrected chi connectivity index (χ1v) is 12.5. The van der Waals surface area contributed by atoms with E-state index in [9.17, 15) is 13.0 Å². The zero-order valence-electron chi connectivity index (χ0n) is 16.6. The Hall–Kier alpha value is -3.06. The van der Waals surface area contributed by atoms with Crippen LogP contribution in [0, 0.1) is 18.6 Å². The lowest BCUT2D eigenvalue weighted by Crippen LogP contribution is -2.27. The Labute approximate surface area is 178 Å². The van der Waals surface area contributed by atoms with Gasteiger partial charge in [-0.1, -0.05) is 84.4 Å². The number of rotatable bonds is 6. The molecule has 0 aliphatic heterocycles. The van der Waals surface area contributed by atoms with Crippen LogP contribution in [-0.2, 0) is 14.6 Å². The average molecular weight is 435 g/mol. The monoisotopic (exact) mass is 435 g/mol. The molecular weight excluding hydrogens is 413 g/mol. The molecule has 4 nitrogen and oxygen atoms in total. The van der Waals surface area contributed by atoms with Crippen LogP contribution in [-0.4, -0.2) is 19.3 Å². The summed E-state index contributed by atoms with van der Waals surface area (Å²) >= 11 is 0. The van der Waals surface area contributed by atoms with Gasteiger partial charge in [-0.05, 0) is 24.7 Å². The number of nitrogens with zero attached hydrogens (tertiary/aromatic N) is 1. The zero-order chi connectivity index (χ0) is 21.6. The van der Waals surface area contributed by atoms with E-state index in [0.717, 1.165) is 9.87 Å². The molecule has 0 amide bonds. The molecule has 6 heteroatoms. The maximum absolute atomic E-state index is 14.0. The van der Waals surface area contributed by atoms with Crippen molar-refractivity contribution in [2.45, 2.75) is 11.8 Å². The summed E-state index contributed by atoms with van der Waals surface area (Å²) in [5.74, 6) is 0. The molecule has 0 radical (unpaired) electrons. The molecule has 3 aromatic carbocycles. The molecule has 0 spiro atoms. The second kappa shape index (κ2) is 9.17. The normalized spacial score (nSPS) is 11.2. The molecule has 0 heterocycles. The summed E-state index contributed by atoms with van der Waals surface area (Å²) in [6.45, 7) is 5.50. The van der Waals surface area contributed by atoms with Gasteiger partial charge < -0.3 is 0 Å². The van der Waals surface area contributed by atoms with Gasteiger partial charge in [0.1, 0.15) is 0 Å². The number of sulfonamides is 1. The second-order valence-electron chi connectivity index (χ2n) is 6.64. The summed E-state index contributed by atoms with van der Waals surface area (Å²) < 4.78 is 41.2. The molecule has 0 fully saturated rings. The van der Waals surface area contributed by atoms with Crippen LogP contribution in [0.15, 0.2) is 102 Å². The Kier molecular flexibility index (Phi) is 6.62. The molecule has 0 aromatic heterocycles. The van der Waals surface area contributed by atoms with E-state index in [1.807, 2.05) is 19.1 Å². The highest BCUT2D eigenvalue weighted by atomic mass is 32.2. The van der Waals surface area contributed by atoms with Gasteiger partial charge in [-0.15, -0.1) is 6.58 Å². The summed E-state index contributed by atoms with van der Waals surface area (Å²) in [7, 11) is -7.27. The smallest absolute Gasteiger partial charge is 0.271 e. The van der Waals surface area contributed by atoms with E-state index in [0.29, 0.717) is 10.6 Å². The van der Waals surface area contributed by atoms with Gasteiger partial charge in [0, 0.05) is 16.7 Å². The maximum atomic E-state index is 14.0. The van der Waals surface area contributed by atoms with Crippen molar-refractivity contribution >= 4 is 27.8 Å². The summed E-state index contributed by atoms with van der Waals surface area (Å²) in [6, 6.07) is 27.0. The molecule has 0 saturated heterocycles. The van der Waals surface area contributed by atoms with E-state index in [-0.39, 0.29) is 11.4 Å². The summed E-state index contributed by atoms with van der Waals surface area (Å²) in [5, 5.41) is 1.10. The van der Waals surface area contributed by atoms with Crippen molar-refractivity contribution in [3.8, 4) is 11.7 Å². The fourth-order valence-electron chi connectivity index (χ4n) is 2.84. The van der Waals surface area contributed by atoms with Crippen LogP contribution in [0.25, 0.3) is 0 Å². The van der Waals surface area contributed by atoms with Gasteiger partial charge in [-0.3, -0.25) is 4.57 Å². The third kappa shape index (κ3) is 4.57. The third-order valence-corrected chi connectivity index (χ3v) is 8.63. The molecular formula is C24H22NO3PS. The fraction of sp³-hybridized carbons (Fsp3) is 0.0833. The van der Waals surface area contributed by atoms with Gasteiger partial charge in [-0.25, -0.2) is 12.7 Å². The highest BCUT2D eigenvalue weighted by Gasteiger charge is 2.26. The minimum atomic E-state index is -3.90. The highest BCUT2D eigenvalue weighted by Crippen LogP contribution is 2.42. The van der Waals surface area contributed by atoms with Crippen LogP contribution in [0.2, 0.25) is 0 Å². The molecule has 0 N–H and O–H groups in total. The number of hydrogen-bond donors (Lipinski definition) is 0. The van der Waals surface area contributed by atoms with Crippen LogP contribution >= 0.6 is 7.14 Å². The second-order valence-corrected chi connectivity index (χ2v) is 11.0. The topological polar surface area (TPSA) is 54.5 Å². The van der Waals surface area contributed by atoms with Crippen LogP contribution in [0.1, 0.15) is 5.56 Å². The molecule has 3 rings (SSSR count). The van der Waals surface area contributed by atoms with Crippen molar-refractivity contribution in [2.75, 3.05) is 6.54 Å². The minimum Gasteiger partial charge on any atom is -0.300 e. The van der Waals surface area contributed by atoms with Gasteiger partial charge >= 0.3 is 0 Å². The molecule has 0 saturated carbocycles. The molecule has 0 unspecified atom stereocenters. The Morgan fingerprint density at radius 3 is 1.87 bits per heavy atom. The van der Waals surface area contributed by atoms with Crippen LogP contribution in [0.3, 0.4) is 0 Å². The van der Waals surface area contributed by atoms with E-state index in [1.165, 1.54) is 18.2 Å². The van der Waals surface area contributed by atoms with Crippen LogP contribution in [0.5, 0.6) is 0 Å². The lowest BCUT2D eigenvalue weighted by atomic mass is 10.2. The van der Waals surface area contributed by atoms with Crippen LogP contribution < -0.4 is 10.6 Å². The Morgan fingerprint density at radius 2 is 1.40 bits per heavy atom. The summed E-state index contributed by atoms with van der Waals surface area (Å²) in [5.41, 5.74) is 3.76. The first-order valence-electron chi connectivity index (χ1n) is 9.32. The standard InChI is InChI=1S/C24H22NO3PS/c1-3-18-25(30(27,28)24-16-14-21(2)15-17-24)19-20-29(26,22-10-6-4-7-11-22)23-12-8-5-9-13-23/h3-17H,1,18H2,2H3. The van der Waals surface area contributed by atoms with Gasteiger partial charge in [0.2, 0.25) is 7.14 Å². The molecule has 0 aliphatic rings. The lowest BCUT2D eigenvalue weighted by molar-refractivity contribution is 0.533. The Balaban J connectivity index is 2.12. The first-order chi connectivity index (χ1) is 14.4. The van der Waals surface area contributed by atoms with Crippen molar-refractivity contribution in [2.24, 2.45) is 0 Å². The minimum absolute atomic E-state index is 0.0210. The van der Waals surface area contributed by atoms with Crippen LogP contribution in [0.4, 0.5) is 0 Å². The first kappa shape index (κ1) is 21.6. The van der Waals surface area contributed by atoms with E-state index in [4.69, 9.17) is 0 Å². The summed E-state index contributed by atoms with van der Waals surface area (Å²) in [6.07, 6.45) is 1.45. The number of aryl methyl sites for hydroxylation is 1. The molecule has 152 valence electrons. The van der Waals surface area contributed by atoms with Crippen molar-refractivity contribution in [3.05, 3.63) is 103 Å². The fourth-order valence-corrected chi connectivity index (χ4v) is 6.11. The molecule has 0 atom stereocenters. The van der Waals surface area contributed by atoms with Gasteiger partial charge in [-0.2, -0.15) is 0 Å². The molecule has 0 aliphatic carbocycles. The lowest BCUT2D eigenvalue weighted by Gasteiger charge is -2.17. The summed E-state index contributed by atoms with van der Waals surface area (Å²) in [4.78, 5) is 0.124. The molecule has 0 bridgehead atoms. The van der Waals surface area contributed by atoms with Crippen molar-refractivity contribution in [1.82, 2.24) is 4.31 Å². The largest absolute Gasteiger partial charge is 0.300 e. The van der Waals surface area contributed by atoms with Gasteiger partial charge in [0.15, 0.2) is 0 Å². The van der Waals surface area contributed by atoms with E-state index < -0.39 is 17.2 Å². The van der Waals surface area contributed by atoms with Crippen molar-refractivity contribution < 1.29 is 13.0 Å². The quantitative estimate of drug-likeness (QED) is 0.254. The van der Waals surface area contributed by atoms with E-state index in [1.54, 1.807) is 60.7 Å². The van der Waals surface area contributed by atoms with Crippen molar-refractivity contribution in [1.29, 1.82) is 0 Å². The predicted molar refractivity (Wildman–Crippen MR) is 123 cm³/mol. The van der Waals surface area contributed by atoms with Gasteiger partial charge in [0.05, 0.1) is 11.4 Å². The highest BCUT2D eigenvalue weighted by molar-refractivity contribution is 7.89. The Bertz CT molecular complexity index is 1180. The Morgan fingerprint density at radius 1 is 0.900 bits per heavy atom. The van der Waals surface area contributed by atoms with Crippen molar-refractivity contribution in [3.63, 3.8) is 0 Å². The molecule has 30 heavy (non-hydrogen) atoms. The number of benzene rings is 3. The predicted octanol–water partition coefficient (Wildman–Crippen LogP) is 4.10. The number of hydrogen-bond acceptors (Lipinski definition) is 3. The zero-order valence-corrected chi connectivity index (χ0v) is 18.3. The maximum Gasteiger partial charge on any atom is 0.271 e. The average Bonchev–Trinajstić information content (AvgIpc) is 2.78. The third-order valence-electron chi connectivity index (χ3n) is 4.48. The molecule has 3 aromatic rings. The van der Waals surface area contributed by atoms with E-state index >= 15 is 0 Å². The van der Waals surface area contributed by atoms with Gasteiger partial charge in [0.25, 0.3) is 10.0 Å². The van der Waals surface area contributed by atoms with E-state index in [2.05, 4.69) is 18.3 Å². The SMILES string of the molecule is C=CCN(C#CP(=O)(c1ccccc1)c1ccccc1)S(=O)(=O)c1ccc(C)cc1.